The average molecular weight is 480 g/mol. The van der Waals surface area contributed by atoms with Gasteiger partial charge in [-0.15, -0.1) is 0 Å². The van der Waals surface area contributed by atoms with Crippen LogP contribution in [0.1, 0.15) is 17.7 Å². The van der Waals surface area contributed by atoms with Gasteiger partial charge < -0.3 is 14.5 Å². The molecule has 0 saturated carbocycles. The maximum Gasteiger partial charge on any atom is 0.224 e. The molecule has 0 atom stereocenters. The number of carbonyl (C=O) groups excluding carboxylic acids is 1. The molecule has 1 N–H and O–H groups in total. The molecule has 5 aromatic rings. The normalized spacial score (nSPS) is 11.0. The summed E-state index contributed by atoms with van der Waals surface area (Å²) in [7, 11) is 1.64. The Kier molecular flexibility index (Phi) is 6.50. The van der Waals surface area contributed by atoms with Crippen LogP contribution in [0.2, 0.25) is 0 Å². The highest BCUT2D eigenvalue weighted by molar-refractivity contribution is 5.91. The van der Waals surface area contributed by atoms with Crippen LogP contribution in [0.15, 0.2) is 91.1 Å². The summed E-state index contributed by atoms with van der Waals surface area (Å²) in [6, 6.07) is 26.0. The van der Waals surface area contributed by atoms with E-state index in [4.69, 9.17) is 9.72 Å². The Morgan fingerprint density at radius 1 is 0.944 bits per heavy atom. The van der Waals surface area contributed by atoms with E-state index in [0.717, 1.165) is 39.5 Å². The Morgan fingerprint density at radius 2 is 1.72 bits per heavy atom. The molecule has 180 valence electrons. The fourth-order valence-electron chi connectivity index (χ4n) is 4.32. The molecule has 5 nitrogen and oxygen atoms in total. The van der Waals surface area contributed by atoms with Crippen molar-refractivity contribution in [1.29, 1.82) is 0 Å². The molecule has 0 saturated heterocycles. The van der Waals surface area contributed by atoms with Crippen LogP contribution >= 0.6 is 0 Å². The molecular formula is C30H26FN3O2. The lowest BCUT2D eigenvalue weighted by molar-refractivity contribution is -0.116. The number of aryl methyl sites for hydroxylation is 2. The Balaban J connectivity index is 1.52. The average Bonchev–Trinajstić information content (AvgIpc) is 3.26. The first-order chi connectivity index (χ1) is 17.5. The van der Waals surface area contributed by atoms with Gasteiger partial charge in [0, 0.05) is 23.9 Å². The second-order valence-electron chi connectivity index (χ2n) is 8.71. The lowest BCUT2D eigenvalue weighted by atomic mass is 10.0. The first kappa shape index (κ1) is 23.3. The summed E-state index contributed by atoms with van der Waals surface area (Å²) in [4.78, 5) is 17.7. The number of imidazole rings is 1. The third-order valence-electron chi connectivity index (χ3n) is 6.13. The van der Waals surface area contributed by atoms with Crippen molar-refractivity contribution >= 4 is 17.2 Å². The molecule has 0 aliphatic carbocycles. The molecule has 5 rings (SSSR count). The number of hydrogen-bond donors (Lipinski definition) is 1. The predicted octanol–water partition coefficient (Wildman–Crippen LogP) is 6.70. The van der Waals surface area contributed by atoms with Crippen molar-refractivity contribution in [3.8, 4) is 28.1 Å². The number of carbonyl (C=O) groups is 1. The van der Waals surface area contributed by atoms with Crippen molar-refractivity contribution in [1.82, 2.24) is 9.38 Å². The molecule has 2 aromatic heterocycles. The van der Waals surface area contributed by atoms with E-state index < -0.39 is 0 Å². The molecule has 0 fully saturated rings. The minimum Gasteiger partial charge on any atom is -0.497 e. The highest BCUT2D eigenvalue weighted by Gasteiger charge is 2.17. The number of aromatic nitrogens is 2. The largest absolute Gasteiger partial charge is 0.497 e. The summed E-state index contributed by atoms with van der Waals surface area (Å²) in [5.74, 6) is 0.249. The van der Waals surface area contributed by atoms with Gasteiger partial charge in [0.15, 0.2) is 0 Å². The number of rotatable bonds is 7. The van der Waals surface area contributed by atoms with Crippen LogP contribution < -0.4 is 10.1 Å². The van der Waals surface area contributed by atoms with E-state index in [9.17, 15) is 9.18 Å². The van der Waals surface area contributed by atoms with Crippen LogP contribution in [0, 0.1) is 12.7 Å². The number of nitrogens with one attached hydrogen (secondary N) is 1. The van der Waals surface area contributed by atoms with Gasteiger partial charge in [0.05, 0.1) is 18.5 Å². The van der Waals surface area contributed by atoms with Crippen LogP contribution in [-0.2, 0) is 11.2 Å². The third-order valence-corrected chi connectivity index (χ3v) is 6.13. The smallest absolute Gasteiger partial charge is 0.224 e. The molecule has 2 heterocycles. The maximum absolute atomic E-state index is 13.2. The zero-order valence-corrected chi connectivity index (χ0v) is 20.2. The van der Waals surface area contributed by atoms with Gasteiger partial charge in [0.2, 0.25) is 5.91 Å². The number of ether oxygens (including phenoxy) is 1. The highest BCUT2D eigenvalue weighted by atomic mass is 19.1. The van der Waals surface area contributed by atoms with Crippen molar-refractivity contribution < 1.29 is 13.9 Å². The number of amides is 1. The summed E-state index contributed by atoms with van der Waals surface area (Å²) in [6.45, 7) is 2.07. The monoisotopic (exact) mass is 479 g/mol. The van der Waals surface area contributed by atoms with Crippen molar-refractivity contribution in [3.63, 3.8) is 0 Å². The second kappa shape index (κ2) is 10.0. The van der Waals surface area contributed by atoms with E-state index >= 15 is 0 Å². The third kappa shape index (κ3) is 4.98. The number of benzene rings is 3. The van der Waals surface area contributed by atoms with Crippen molar-refractivity contribution in [2.24, 2.45) is 0 Å². The molecule has 0 bridgehead atoms. The standard InChI is InChI=1S/C30H26FN3O2/c1-20-5-3-6-21(17-20)23-9-15-28-33-30(22-7-4-8-26(18-22)36-2)27(34(28)19-23)14-16-29(35)32-25-12-10-24(31)11-13-25/h3-13,15,17-19H,14,16H2,1-2H3,(H,32,35). The Bertz CT molecular complexity index is 1540. The summed E-state index contributed by atoms with van der Waals surface area (Å²) in [6.07, 6.45) is 2.79. The van der Waals surface area contributed by atoms with Gasteiger partial charge in [-0.25, -0.2) is 9.37 Å². The van der Waals surface area contributed by atoms with Gasteiger partial charge in [-0.3, -0.25) is 4.79 Å². The summed E-state index contributed by atoms with van der Waals surface area (Å²) < 4.78 is 20.7. The summed E-state index contributed by atoms with van der Waals surface area (Å²) in [5, 5.41) is 2.85. The molecular weight excluding hydrogens is 453 g/mol. The van der Waals surface area contributed by atoms with Crippen LogP contribution in [-0.4, -0.2) is 22.4 Å². The van der Waals surface area contributed by atoms with Gasteiger partial charge in [-0.2, -0.15) is 0 Å². The van der Waals surface area contributed by atoms with Gasteiger partial charge in [0.1, 0.15) is 17.2 Å². The van der Waals surface area contributed by atoms with E-state index in [1.165, 1.54) is 17.7 Å². The predicted molar refractivity (Wildman–Crippen MR) is 141 cm³/mol. The zero-order valence-electron chi connectivity index (χ0n) is 20.2. The number of anilines is 1. The first-order valence-corrected chi connectivity index (χ1v) is 11.8. The Hall–Kier alpha value is -4.45. The van der Waals surface area contributed by atoms with Crippen molar-refractivity contribution in [2.45, 2.75) is 19.8 Å². The van der Waals surface area contributed by atoms with E-state index in [2.05, 4.69) is 47.1 Å². The summed E-state index contributed by atoms with van der Waals surface area (Å²) in [5.41, 5.74) is 7.41. The first-order valence-electron chi connectivity index (χ1n) is 11.8. The number of halogens is 1. The molecule has 6 heteroatoms. The fraction of sp³-hybridized carbons (Fsp3) is 0.133. The van der Waals surface area contributed by atoms with Crippen LogP contribution in [0.25, 0.3) is 28.0 Å². The van der Waals surface area contributed by atoms with E-state index in [0.29, 0.717) is 12.1 Å². The molecule has 0 aliphatic rings. The Morgan fingerprint density at radius 3 is 2.50 bits per heavy atom. The number of methoxy groups -OCH3 is 1. The number of hydrogen-bond acceptors (Lipinski definition) is 3. The minimum atomic E-state index is -0.342. The highest BCUT2D eigenvalue weighted by Crippen LogP contribution is 2.30. The second-order valence-corrected chi connectivity index (χ2v) is 8.71. The van der Waals surface area contributed by atoms with Crippen molar-refractivity contribution in [2.75, 3.05) is 12.4 Å². The van der Waals surface area contributed by atoms with Gasteiger partial charge in [0.25, 0.3) is 0 Å². The molecule has 0 aliphatic heterocycles. The molecule has 1 amide bonds. The van der Waals surface area contributed by atoms with E-state index in [-0.39, 0.29) is 18.1 Å². The molecule has 0 unspecified atom stereocenters. The topological polar surface area (TPSA) is 55.6 Å². The van der Waals surface area contributed by atoms with Gasteiger partial charge in [-0.1, -0.05) is 42.0 Å². The Labute approximate surface area is 209 Å². The lowest BCUT2D eigenvalue weighted by Crippen LogP contribution is -2.13. The number of nitrogens with zero attached hydrogens (tertiary/aromatic N) is 2. The van der Waals surface area contributed by atoms with Gasteiger partial charge in [-0.05, 0) is 73.0 Å². The SMILES string of the molecule is COc1cccc(-c2nc3ccc(-c4cccc(C)c4)cn3c2CCC(=O)Nc2ccc(F)cc2)c1. The molecule has 36 heavy (non-hydrogen) atoms. The number of pyridine rings is 1. The van der Waals surface area contributed by atoms with E-state index in [1.54, 1.807) is 19.2 Å². The minimum absolute atomic E-state index is 0.150. The lowest BCUT2D eigenvalue weighted by Gasteiger charge is -2.09. The number of fused-ring (bicyclic) bond motifs is 1. The zero-order chi connectivity index (χ0) is 25.1. The molecule has 0 radical (unpaired) electrons. The maximum atomic E-state index is 13.2. The van der Waals surface area contributed by atoms with Crippen LogP contribution in [0.4, 0.5) is 10.1 Å². The molecule has 0 spiro atoms. The quantitative estimate of drug-likeness (QED) is 0.283. The fourth-order valence-corrected chi connectivity index (χ4v) is 4.32. The van der Waals surface area contributed by atoms with Crippen LogP contribution in [0.3, 0.4) is 0 Å². The van der Waals surface area contributed by atoms with E-state index in [1.807, 2.05) is 36.4 Å². The van der Waals surface area contributed by atoms with Crippen molar-refractivity contribution in [3.05, 3.63) is 108 Å². The van der Waals surface area contributed by atoms with Gasteiger partial charge >= 0.3 is 0 Å². The molecule has 3 aromatic carbocycles. The van der Waals surface area contributed by atoms with Crippen LogP contribution in [0.5, 0.6) is 5.75 Å². The summed E-state index contributed by atoms with van der Waals surface area (Å²) >= 11 is 0.